The highest BCUT2D eigenvalue weighted by atomic mass is 35.5. The molecule has 6 nitrogen and oxygen atoms in total. The van der Waals surface area contributed by atoms with Gasteiger partial charge in [-0.3, -0.25) is 18.8 Å². The zero-order valence-corrected chi connectivity index (χ0v) is 22.4. The van der Waals surface area contributed by atoms with Gasteiger partial charge in [-0.1, -0.05) is 34.3 Å². The van der Waals surface area contributed by atoms with E-state index in [2.05, 4.69) is 23.6 Å². The molecule has 0 radical (unpaired) electrons. The van der Waals surface area contributed by atoms with Gasteiger partial charge in [0.2, 0.25) is 0 Å². The van der Waals surface area contributed by atoms with Crippen LogP contribution in [-0.2, 0) is 17.6 Å². The minimum atomic E-state index is -1.86. The average Bonchev–Trinajstić information content (AvgIpc) is 3.57. The number of halogens is 3. The van der Waals surface area contributed by atoms with Crippen molar-refractivity contribution < 1.29 is 17.9 Å². The Balaban J connectivity index is 0.000000795. The molecule has 2 aliphatic rings. The van der Waals surface area contributed by atoms with Crippen molar-refractivity contribution in [3.8, 4) is 0 Å². The standard InChI is InChI=1S/C24H28Cl2FN3O.CH4O2S/c1-14-12-29(5-6-30(14)15(2)17-7-19(25)10-20(26)8-17)13-18-9-23(27)22(24(28)31)11-21(18)16-3-4-16;1-4(2)3/h7-11,14-16H,3-6,12-13H2,1-2H3,(H2,28,31);1H3,(H,2,3)/p-1/t14-,15+;/m1./s1. The van der Waals surface area contributed by atoms with Crippen LogP contribution in [-0.4, -0.2) is 56.4 Å². The zero-order valence-electron chi connectivity index (χ0n) is 20.1. The van der Waals surface area contributed by atoms with E-state index in [-0.39, 0.29) is 11.6 Å². The lowest BCUT2D eigenvalue weighted by Crippen LogP contribution is -2.52. The van der Waals surface area contributed by atoms with Crippen LogP contribution in [0.3, 0.4) is 0 Å². The second-order valence-corrected chi connectivity index (χ2v) is 10.9. The summed E-state index contributed by atoms with van der Waals surface area (Å²) in [4.78, 5) is 16.4. The topological polar surface area (TPSA) is 89.7 Å². The van der Waals surface area contributed by atoms with Gasteiger partial charge in [0.15, 0.2) is 0 Å². The summed E-state index contributed by atoms with van der Waals surface area (Å²) in [5, 5.41) is 1.30. The molecule has 1 saturated heterocycles. The van der Waals surface area contributed by atoms with Gasteiger partial charge >= 0.3 is 0 Å². The molecule has 1 saturated carbocycles. The molecule has 3 atom stereocenters. The molecule has 1 unspecified atom stereocenters. The lowest BCUT2D eigenvalue weighted by Gasteiger charge is -2.43. The van der Waals surface area contributed by atoms with Gasteiger partial charge in [0.05, 0.1) is 5.56 Å². The van der Waals surface area contributed by atoms with E-state index in [0.717, 1.165) is 55.4 Å². The molecule has 2 aromatic carbocycles. The number of carbonyl (C=O) groups is 1. The lowest BCUT2D eigenvalue weighted by atomic mass is 9.98. The predicted octanol–water partition coefficient (Wildman–Crippen LogP) is 4.87. The van der Waals surface area contributed by atoms with E-state index in [9.17, 15) is 9.18 Å². The Kier molecular flexibility index (Phi) is 9.71. The fourth-order valence-electron chi connectivity index (χ4n) is 4.75. The molecule has 0 bridgehead atoms. The molecule has 35 heavy (non-hydrogen) atoms. The number of nitrogens with two attached hydrogens (primary N) is 1. The maximum atomic E-state index is 14.5. The average molecular weight is 544 g/mol. The molecule has 1 aliphatic carbocycles. The van der Waals surface area contributed by atoms with Gasteiger partial charge in [0.25, 0.3) is 5.91 Å². The molecule has 1 amide bonds. The summed E-state index contributed by atoms with van der Waals surface area (Å²) in [6.45, 7) is 7.73. The highest BCUT2D eigenvalue weighted by molar-refractivity contribution is 7.78. The van der Waals surface area contributed by atoms with Crippen LogP contribution in [0.15, 0.2) is 30.3 Å². The van der Waals surface area contributed by atoms with Crippen molar-refractivity contribution in [3.05, 3.63) is 68.4 Å². The van der Waals surface area contributed by atoms with E-state index in [1.165, 1.54) is 6.07 Å². The summed E-state index contributed by atoms with van der Waals surface area (Å²) in [7, 11) is 0. The van der Waals surface area contributed by atoms with Crippen molar-refractivity contribution in [2.24, 2.45) is 5.73 Å². The Morgan fingerprint density at radius 2 is 1.80 bits per heavy atom. The fraction of sp³-hybridized carbons (Fsp3) is 0.480. The Hall–Kier alpha value is -1.55. The number of hydrogen-bond donors (Lipinski definition) is 1. The largest absolute Gasteiger partial charge is 0.773 e. The Morgan fingerprint density at radius 3 is 2.31 bits per heavy atom. The lowest BCUT2D eigenvalue weighted by molar-refractivity contribution is 0.0503. The van der Waals surface area contributed by atoms with Gasteiger partial charge in [-0.05, 0) is 85.9 Å². The molecule has 1 aliphatic heterocycles. The van der Waals surface area contributed by atoms with Gasteiger partial charge in [0, 0.05) is 48.3 Å². The number of amides is 1. The minimum Gasteiger partial charge on any atom is -0.773 e. The van der Waals surface area contributed by atoms with Crippen LogP contribution in [0.25, 0.3) is 0 Å². The third kappa shape index (κ3) is 7.71. The fourth-order valence-corrected chi connectivity index (χ4v) is 5.29. The van der Waals surface area contributed by atoms with Gasteiger partial charge in [0.1, 0.15) is 5.82 Å². The molecule has 1 heterocycles. The first-order chi connectivity index (χ1) is 16.5. The van der Waals surface area contributed by atoms with E-state index < -0.39 is 22.8 Å². The van der Waals surface area contributed by atoms with Crippen LogP contribution in [0.5, 0.6) is 0 Å². The van der Waals surface area contributed by atoms with E-state index in [1.54, 1.807) is 12.1 Å². The van der Waals surface area contributed by atoms with Crippen LogP contribution in [0.1, 0.15) is 65.7 Å². The summed E-state index contributed by atoms with van der Waals surface area (Å²) in [6.07, 6.45) is 3.25. The molecule has 4 rings (SSSR count). The quantitative estimate of drug-likeness (QED) is 0.525. The molecule has 2 aromatic rings. The summed E-state index contributed by atoms with van der Waals surface area (Å²) < 4.78 is 32.5. The predicted molar refractivity (Wildman–Crippen MR) is 138 cm³/mol. The van der Waals surface area contributed by atoms with E-state index >= 15 is 0 Å². The number of piperazine rings is 1. The SMILES string of the molecule is CS(=O)[O-].C[C@@H]1CN(Cc2cc(F)c(C(N)=O)cc2C2CC2)CCN1[C@@H](C)c1cc(Cl)cc(Cl)c1. The smallest absolute Gasteiger partial charge is 0.251 e. The second-order valence-electron chi connectivity index (χ2n) is 9.27. The molecule has 0 aromatic heterocycles. The monoisotopic (exact) mass is 542 g/mol. The molecular formula is C25H31Cl2FN3O3S-. The molecular weight excluding hydrogens is 512 g/mol. The van der Waals surface area contributed by atoms with Gasteiger partial charge in [-0.15, -0.1) is 0 Å². The number of rotatable bonds is 6. The first-order valence-electron chi connectivity index (χ1n) is 11.5. The Morgan fingerprint density at radius 1 is 1.20 bits per heavy atom. The van der Waals surface area contributed by atoms with E-state index in [1.807, 2.05) is 12.1 Å². The zero-order chi connectivity index (χ0) is 25.9. The molecule has 192 valence electrons. The minimum absolute atomic E-state index is 0.00200. The molecule has 0 spiro atoms. The van der Waals surface area contributed by atoms with Crippen LogP contribution < -0.4 is 5.73 Å². The van der Waals surface area contributed by atoms with Crippen molar-refractivity contribution in [3.63, 3.8) is 0 Å². The first kappa shape index (κ1) is 28.0. The Bertz CT molecular complexity index is 1080. The number of primary amides is 1. The number of nitrogens with zero attached hydrogens (tertiary/aromatic N) is 2. The summed E-state index contributed by atoms with van der Waals surface area (Å²) >= 11 is 10.5. The van der Waals surface area contributed by atoms with Crippen molar-refractivity contribution >= 4 is 40.2 Å². The molecule has 2 N–H and O–H groups in total. The van der Waals surface area contributed by atoms with Crippen LogP contribution in [0, 0.1) is 5.82 Å². The van der Waals surface area contributed by atoms with E-state index in [4.69, 9.17) is 37.7 Å². The number of hydrogen-bond acceptors (Lipinski definition) is 5. The summed E-state index contributed by atoms with van der Waals surface area (Å²) in [5.41, 5.74) is 8.51. The first-order valence-corrected chi connectivity index (χ1v) is 13.8. The van der Waals surface area contributed by atoms with Crippen molar-refractivity contribution in [1.82, 2.24) is 9.80 Å². The van der Waals surface area contributed by atoms with Crippen LogP contribution in [0.4, 0.5) is 4.39 Å². The van der Waals surface area contributed by atoms with Crippen LogP contribution in [0.2, 0.25) is 10.0 Å². The summed E-state index contributed by atoms with van der Waals surface area (Å²) in [6, 6.07) is 9.41. The maximum Gasteiger partial charge on any atom is 0.251 e. The van der Waals surface area contributed by atoms with Gasteiger partial charge in [-0.2, -0.15) is 0 Å². The highest BCUT2D eigenvalue weighted by Gasteiger charge is 2.31. The Labute approximate surface area is 218 Å². The van der Waals surface area contributed by atoms with Gasteiger partial charge < -0.3 is 10.3 Å². The van der Waals surface area contributed by atoms with E-state index in [0.29, 0.717) is 28.5 Å². The molecule has 10 heteroatoms. The van der Waals surface area contributed by atoms with Crippen molar-refractivity contribution in [1.29, 1.82) is 0 Å². The maximum absolute atomic E-state index is 14.5. The van der Waals surface area contributed by atoms with Crippen molar-refractivity contribution in [2.45, 2.75) is 51.2 Å². The third-order valence-corrected chi connectivity index (χ3v) is 6.97. The molecule has 2 fully saturated rings. The number of carbonyl (C=O) groups excluding carboxylic acids is 1. The number of benzene rings is 2. The van der Waals surface area contributed by atoms with Gasteiger partial charge in [-0.25, -0.2) is 4.39 Å². The van der Waals surface area contributed by atoms with Crippen LogP contribution >= 0.6 is 23.2 Å². The second kappa shape index (κ2) is 12.1. The normalized spacial score (nSPS) is 20.6. The van der Waals surface area contributed by atoms with Crippen molar-refractivity contribution in [2.75, 3.05) is 25.9 Å². The highest BCUT2D eigenvalue weighted by Crippen LogP contribution is 2.43. The third-order valence-electron chi connectivity index (χ3n) is 6.53. The summed E-state index contributed by atoms with van der Waals surface area (Å²) in [5.74, 6) is -0.812.